The first-order valence-electron chi connectivity index (χ1n) is 8.27. The van der Waals surface area contributed by atoms with E-state index >= 15 is 0 Å². The molecule has 0 saturated heterocycles. The van der Waals surface area contributed by atoms with Crippen molar-refractivity contribution in [1.82, 2.24) is 10.3 Å². The molecular formula is C17H31N3S. The van der Waals surface area contributed by atoms with Gasteiger partial charge in [-0.15, -0.1) is 11.3 Å². The maximum atomic E-state index is 4.94. The summed E-state index contributed by atoms with van der Waals surface area (Å²) in [6, 6.07) is 1.23. The van der Waals surface area contributed by atoms with E-state index in [9.17, 15) is 0 Å². The first-order valence-corrected chi connectivity index (χ1v) is 9.09. The Balaban J connectivity index is 2.12. The second kappa shape index (κ2) is 6.66. The van der Waals surface area contributed by atoms with Crippen LogP contribution < -0.4 is 10.2 Å². The molecule has 1 fully saturated rings. The van der Waals surface area contributed by atoms with Crippen LogP contribution in [-0.2, 0) is 13.0 Å². The molecule has 0 aliphatic heterocycles. The van der Waals surface area contributed by atoms with E-state index in [1.54, 1.807) is 0 Å². The van der Waals surface area contributed by atoms with Gasteiger partial charge in [0.05, 0.1) is 5.69 Å². The van der Waals surface area contributed by atoms with Crippen molar-refractivity contribution in [2.45, 2.75) is 78.9 Å². The van der Waals surface area contributed by atoms with Gasteiger partial charge in [-0.25, -0.2) is 4.98 Å². The molecule has 120 valence electrons. The van der Waals surface area contributed by atoms with Gasteiger partial charge in [-0.2, -0.15) is 0 Å². The van der Waals surface area contributed by atoms with Crippen LogP contribution in [-0.4, -0.2) is 24.1 Å². The second-order valence-corrected chi connectivity index (χ2v) is 8.49. The average molecular weight is 310 g/mol. The largest absolute Gasteiger partial charge is 0.348 e. The van der Waals surface area contributed by atoms with Crippen LogP contribution in [0, 0.1) is 5.41 Å². The lowest BCUT2D eigenvalue weighted by molar-refractivity contribution is 0.329. The van der Waals surface area contributed by atoms with Gasteiger partial charge >= 0.3 is 0 Å². The lowest BCUT2D eigenvalue weighted by atomic mass is 9.87. The number of aromatic nitrogens is 1. The van der Waals surface area contributed by atoms with Crippen molar-refractivity contribution in [3.8, 4) is 0 Å². The molecule has 1 aromatic rings. The molecule has 0 radical (unpaired) electrons. The first-order chi connectivity index (χ1) is 9.82. The van der Waals surface area contributed by atoms with Crippen LogP contribution in [0.4, 0.5) is 5.13 Å². The van der Waals surface area contributed by atoms with Crippen molar-refractivity contribution in [3.05, 3.63) is 10.6 Å². The van der Waals surface area contributed by atoms with Crippen LogP contribution in [0.5, 0.6) is 0 Å². The summed E-state index contributed by atoms with van der Waals surface area (Å²) in [5.41, 5.74) is 1.57. The molecule has 1 unspecified atom stereocenters. The topological polar surface area (TPSA) is 28.2 Å². The molecule has 3 nitrogen and oxygen atoms in total. The number of hydrogen-bond donors (Lipinski definition) is 1. The zero-order valence-corrected chi connectivity index (χ0v) is 15.3. The van der Waals surface area contributed by atoms with Crippen LogP contribution in [0.1, 0.15) is 64.5 Å². The molecular weight excluding hydrogens is 278 g/mol. The number of nitrogens with zero attached hydrogens (tertiary/aromatic N) is 2. The van der Waals surface area contributed by atoms with E-state index in [4.69, 9.17) is 4.98 Å². The molecule has 1 aromatic heterocycles. The first kappa shape index (κ1) is 16.8. The number of anilines is 1. The Hall–Kier alpha value is -0.610. The van der Waals surface area contributed by atoms with E-state index in [-0.39, 0.29) is 5.41 Å². The molecule has 2 rings (SSSR count). The molecule has 1 heterocycles. The number of hydrogen-bond acceptors (Lipinski definition) is 4. The van der Waals surface area contributed by atoms with Gasteiger partial charge < -0.3 is 10.2 Å². The minimum Gasteiger partial charge on any atom is -0.348 e. The van der Waals surface area contributed by atoms with Crippen molar-refractivity contribution >= 4 is 16.5 Å². The second-order valence-electron chi connectivity index (χ2n) is 7.42. The van der Waals surface area contributed by atoms with E-state index in [1.165, 1.54) is 28.5 Å². The van der Waals surface area contributed by atoms with Crippen LogP contribution in [0.25, 0.3) is 0 Å². The summed E-state index contributed by atoms with van der Waals surface area (Å²) in [7, 11) is 2.18. The van der Waals surface area contributed by atoms with Gasteiger partial charge in [0.25, 0.3) is 0 Å². The molecule has 1 aliphatic rings. The van der Waals surface area contributed by atoms with Gasteiger partial charge in [0.15, 0.2) is 5.13 Å². The number of rotatable bonds is 7. The summed E-state index contributed by atoms with van der Waals surface area (Å²) in [5.74, 6) is 0. The van der Waals surface area contributed by atoms with Gasteiger partial charge in [-0.3, -0.25) is 0 Å². The Morgan fingerprint density at radius 2 is 2.05 bits per heavy atom. The van der Waals surface area contributed by atoms with E-state index in [2.05, 4.69) is 51.9 Å². The Bertz CT molecular complexity index is 457. The molecule has 21 heavy (non-hydrogen) atoms. The van der Waals surface area contributed by atoms with Crippen LogP contribution in [0.2, 0.25) is 0 Å². The fourth-order valence-electron chi connectivity index (χ4n) is 2.36. The lowest BCUT2D eigenvalue weighted by Gasteiger charge is -2.35. The van der Waals surface area contributed by atoms with E-state index < -0.39 is 0 Å². The van der Waals surface area contributed by atoms with Gasteiger partial charge in [0.2, 0.25) is 0 Å². The molecule has 0 aromatic carbocycles. The maximum Gasteiger partial charge on any atom is 0.185 e. The lowest BCUT2D eigenvalue weighted by Crippen LogP contribution is -2.39. The van der Waals surface area contributed by atoms with E-state index in [0.717, 1.165) is 25.4 Å². The zero-order chi connectivity index (χ0) is 15.6. The third kappa shape index (κ3) is 4.43. The van der Waals surface area contributed by atoms with Crippen molar-refractivity contribution < 1.29 is 0 Å². The van der Waals surface area contributed by atoms with Crippen molar-refractivity contribution in [2.24, 2.45) is 5.41 Å². The standard InChI is InChI=1S/C17H31N3S/c1-7-8-14-15(11-18-13-9-10-13)21-16(19-14)20(6)12(2)17(3,4)5/h12-13,18H,7-11H2,1-6H3. The molecule has 1 atom stereocenters. The highest BCUT2D eigenvalue weighted by Crippen LogP contribution is 2.32. The Kier molecular flexibility index (Phi) is 5.31. The van der Waals surface area contributed by atoms with Crippen LogP contribution in [0.15, 0.2) is 0 Å². The minimum atomic E-state index is 0.262. The normalized spacial score (nSPS) is 17.0. The maximum absolute atomic E-state index is 4.94. The monoisotopic (exact) mass is 309 g/mol. The SMILES string of the molecule is CCCc1nc(N(C)C(C)C(C)(C)C)sc1CNC1CC1. The highest BCUT2D eigenvalue weighted by atomic mass is 32.1. The highest BCUT2D eigenvalue weighted by Gasteiger charge is 2.27. The molecule has 1 aliphatic carbocycles. The summed E-state index contributed by atoms with van der Waals surface area (Å²) in [4.78, 5) is 8.73. The van der Waals surface area contributed by atoms with E-state index in [0.29, 0.717) is 6.04 Å². The zero-order valence-electron chi connectivity index (χ0n) is 14.5. The van der Waals surface area contributed by atoms with Crippen molar-refractivity contribution in [3.63, 3.8) is 0 Å². The molecule has 0 spiro atoms. The Morgan fingerprint density at radius 1 is 1.38 bits per heavy atom. The third-order valence-corrected chi connectivity index (χ3v) is 5.71. The molecule has 0 bridgehead atoms. The quantitative estimate of drug-likeness (QED) is 0.817. The van der Waals surface area contributed by atoms with Crippen LogP contribution >= 0.6 is 11.3 Å². The van der Waals surface area contributed by atoms with Gasteiger partial charge in [-0.1, -0.05) is 34.1 Å². The Labute approximate surface area is 134 Å². The molecule has 4 heteroatoms. The number of thiazole rings is 1. The third-order valence-electron chi connectivity index (χ3n) is 4.52. The summed E-state index contributed by atoms with van der Waals surface area (Å²) in [6.45, 7) is 12.4. The van der Waals surface area contributed by atoms with E-state index in [1.807, 2.05) is 11.3 Å². The molecule has 0 amide bonds. The van der Waals surface area contributed by atoms with Crippen molar-refractivity contribution in [1.29, 1.82) is 0 Å². The number of aryl methyl sites for hydroxylation is 1. The van der Waals surface area contributed by atoms with Crippen LogP contribution in [0.3, 0.4) is 0 Å². The fraction of sp³-hybridized carbons (Fsp3) is 0.824. The number of nitrogens with one attached hydrogen (secondary N) is 1. The molecule has 1 saturated carbocycles. The predicted octanol–water partition coefficient (Wildman–Crippen LogP) is 4.22. The van der Waals surface area contributed by atoms with Gasteiger partial charge in [-0.05, 0) is 31.6 Å². The smallest absolute Gasteiger partial charge is 0.185 e. The highest BCUT2D eigenvalue weighted by molar-refractivity contribution is 7.15. The molecule has 1 N–H and O–H groups in total. The van der Waals surface area contributed by atoms with Gasteiger partial charge in [0.1, 0.15) is 0 Å². The summed E-state index contributed by atoms with van der Waals surface area (Å²) in [6.07, 6.45) is 4.94. The summed E-state index contributed by atoms with van der Waals surface area (Å²) in [5, 5.41) is 4.81. The summed E-state index contributed by atoms with van der Waals surface area (Å²) >= 11 is 1.87. The summed E-state index contributed by atoms with van der Waals surface area (Å²) < 4.78 is 0. The Morgan fingerprint density at radius 3 is 2.57 bits per heavy atom. The fourth-order valence-corrected chi connectivity index (χ4v) is 3.46. The van der Waals surface area contributed by atoms with Gasteiger partial charge in [0, 0.05) is 30.6 Å². The average Bonchev–Trinajstić information content (AvgIpc) is 3.15. The van der Waals surface area contributed by atoms with Crippen molar-refractivity contribution in [2.75, 3.05) is 11.9 Å². The predicted molar refractivity (Wildman–Crippen MR) is 93.3 cm³/mol. The minimum absolute atomic E-state index is 0.262.